The van der Waals surface area contributed by atoms with Gasteiger partial charge in [-0.3, -0.25) is 4.79 Å². The molecule has 0 spiro atoms. The molecule has 0 aliphatic heterocycles. The van der Waals surface area contributed by atoms with Gasteiger partial charge in [-0.05, 0) is 25.7 Å². The molecule has 1 aromatic rings. The fourth-order valence-corrected chi connectivity index (χ4v) is 1.82. The number of halogens is 3. The number of hydrogen-bond donors (Lipinski definition) is 0. The van der Waals surface area contributed by atoms with E-state index in [-0.39, 0.29) is 51.4 Å². The Morgan fingerprint density at radius 1 is 1.38 bits per heavy atom. The Bertz CT molecular complexity index is 446. The van der Waals surface area contributed by atoms with E-state index in [4.69, 9.17) is 0 Å². The zero-order valence-corrected chi connectivity index (χ0v) is 12.0. The minimum atomic E-state index is -4.99. The van der Waals surface area contributed by atoms with E-state index in [1.807, 2.05) is 0 Å². The Kier molecular flexibility index (Phi) is 4.82. The standard InChI is InChI=1S/C8H9BF3N2O.K/c10-9(11,12)4-14-5-13-7-3-1-2-6(7)8(14)15;/h5H,1-4H2;/q-1;+1. The summed E-state index contributed by atoms with van der Waals surface area (Å²) in [6.45, 7) is -4.99. The van der Waals surface area contributed by atoms with Crippen LogP contribution in [-0.4, -0.2) is 16.5 Å². The van der Waals surface area contributed by atoms with Crippen LogP contribution >= 0.6 is 0 Å². The maximum atomic E-state index is 12.1. The Hall–Kier alpha value is 0.371. The molecular formula is C8H9BF3KN2O. The van der Waals surface area contributed by atoms with Crippen LogP contribution in [0.15, 0.2) is 11.1 Å². The van der Waals surface area contributed by atoms with Crippen LogP contribution in [0.4, 0.5) is 12.9 Å². The van der Waals surface area contributed by atoms with Crippen molar-refractivity contribution in [2.24, 2.45) is 0 Å². The molecular weight excluding hydrogens is 247 g/mol. The molecule has 2 rings (SSSR count). The van der Waals surface area contributed by atoms with Crippen LogP contribution in [0.5, 0.6) is 0 Å². The van der Waals surface area contributed by atoms with Crippen molar-refractivity contribution < 1.29 is 64.3 Å². The van der Waals surface area contributed by atoms with Crippen LogP contribution in [-0.2, 0) is 19.3 Å². The predicted molar refractivity (Wildman–Crippen MR) is 49.6 cm³/mol. The third-order valence-electron chi connectivity index (χ3n) is 2.46. The number of hydrogen-bond acceptors (Lipinski definition) is 2. The monoisotopic (exact) mass is 256 g/mol. The average molecular weight is 256 g/mol. The van der Waals surface area contributed by atoms with Gasteiger partial charge in [-0.1, -0.05) is 0 Å². The molecule has 82 valence electrons. The molecule has 0 bridgehead atoms. The Balaban J connectivity index is 0.00000128. The van der Waals surface area contributed by atoms with Crippen molar-refractivity contribution in [2.75, 3.05) is 0 Å². The van der Waals surface area contributed by atoms with Crippen molar-refractivity contribution in [2.45, 2.75) is 25.7 Å². The summed E-state index contributed by atoms with van der Waals surface area (Å²) in [6, 6.07) is 0. The topological polar surface area (TPSA) is 34.9 Å². The SMILES string of the molecule is O=c1c2c(ncn1C[B-](F)(F)F)CCC2.[K+]. The first kappa shape index (κ1) is 14.4. The first-order valence-corrected chi connectivity index (χ1v) is 4.75. The van der Waals surface area contributed by atoms with Gasteiger partial charge in [-0.25, -0.2) is 4.98 Å². The normalized spacial score (nSPS) is 14.4. The summed E-state index contributed by atoms with van der Waals surface area (Å²) in [6.07, 6.45) is 1.86. The molecule has 0 saturated carbocycles. The van der Waals surface area contributed by atoms with E-state index in [1.165, 1.54) is 0 Å². The molecule has 8 heteroatoms. The van der Waals surface area contributed by atoms with Gasteiger partial charge in [0.1, 0.15) is 0 Å². The molecule has 3 nitrogen and oxygen atoms in total. The number of aryl methyl sites for hydroxylation is 1. The van der Waals surface area contributed by atoms with Gasteiger partial charge in [0, 0.05) is 5.56 Å². The van der Waals surface area contributed by atoms with E-state index >= 15 is 0 Å². The van der Waals surface area contributed by atoms with E-state index in [0.29, 0.717) is 28.7 Å². The van der Waals surface area contributed by atoms with E-state index in [9.17, 15) is 17.7 Å². The number of fused-ring (bicyclic) bond motifs is 1. The Labute approximate surface area is 133 Å². The zero-order valence-electron chi connectivity index (χ0n) is 8.92. The molecule has 0 saturated heterocycles. The summed E-state index contributed by atoms with van der Waals surface area (Å²) in [5.74, 6) is 0. The van der Waals surface area contributed by atoms with Crippen molar-refractivity contribution in [3.63, 3.8) is 0 Å². The van der Waals surface area contributed by atoms with Crippen LogP contribution in [0.25, 0.3) is 0 Å². The first-order chi connectivity index (χ1) is 6.97. The summed E-state index contributed by atoms with van der Waals surface area (Å²) in [7, 11) is 0. The maximum absolute atomic E-state index is 12.1. The molecule has 1 aliphatic rings. The van der Waals surface area contributed by atoms with Crippen molar-refractivity contribution in [3.8, 4) is 0 Å². The summed E-state index contributed by atoms with van der Waals surface area (Å²) < 4.78 is 37.1. The van der Waals surface area contributed by atoms with Gasteiger partial charge >= 0.3 is 58.4 Å². The molecule has 0 atom stereocenters. The van der Waals surface area contributed by atoms with Crippen molar-refractivity contribution in [3.05, 3.63) is 27.9 Å². The molecule has 1 aliphatic carbocycles. The fraction of sp³-hybridized carbons (Fsp3) is 0.500. The molecule has 16 heavy (non-hydrogen) atoms. The molecule has 0 fully saturated rings. The average Bonchev–Trinajstić information content (AvgIpc) is 2.56. The van der Waals surface area contributed by atoms with Crippen molar-refractivity contribution >= 4 is 6.98 Å². The van der Waals surface area contributed by atoms with E-state index in [1.54, 1.807) is 0 Å². The van der Waals surface area contributed by atoms with Gasteiger partial charge in [0.2, 0.25) is 0 Å². The molecule has 0 amide bonds. The van der Waals surface area contributed by atoms with Gasteiger partial charge in [0.05, 0.1) is 12.0 Å². The Morgan fingerprint density at radius 3 is 2.69 bits per heavy atom. The second kappa shape index (κ2) is 5.34. The maximum Gasteiger partial charge on any atom is 1.00 e. The van der Waals surface area contributed by atoms with Crippen molar-refractivity contribution in [1.29, 1.82) is 0 Å². The van der Waals surface area contributed by atoms with Gasteiger partial charge < -0.3 is 17.5 Å². The first-order valence-electron chi connectivity index (χ1n) is 4.75. The molecule has 0 N–H and O–H groups in total. The second-order valence-corrected chi connectivity index (χ2v) is 3.69. The molecule has 0 unspecified atom stereocenters. The molecule has 0 aromatic carbocycles. The third-order valence-corrected chi connectivity index (χ3v) is 2.46. The smallest absolute Gasteiger partial charge is 0.448 e. The van der Waals surface area contributed by atoms with Crippen LogP contribution in [0, 0.1) is 0 Å². The quantitative estimate of drug-likeness (QED) is 0.581. The summed E-state index contributed by atoms with van der Waals surface area (Å²) in [5.41, 5.74) is 0.583. The summed E-state index contributed by atoms with van der Waals surface area (Å²) >= 11 is 0. The predicted octanol–water partition coefficient (Wildman–Crippen LogP) is -1.88. The second-order valence-electron chi connectivity index (χ2n) is 3.69. The van der Waals surface area contributed by atoms with Gasteiger partial charge in [-0.15, -0.1) is 0 Å². The van der Waals surface area contributed by atoms with E-state index < -0.39 is 19.0 Å². The molecule has 0 radical (unpaired) electrons. The van der Waals surface area contributed by atoms with Crippen LogP contribution in [0.3, 0.4) is 0 Å². The van der Waals surface area contributed by atoms with E-state index in [0.717, 1.165) is 12.7 Å². The zero-order chi connectivity index (χ0) is 11.1. The van der Waals surface area contributed by atoms with Gasteiger partial charge in [0.15, 0.2) is 0 Å². The van der Waals surface area contributed by atoms with Crippen LogP contribution < -0.4 is 56.9 Å². The Morgan fingerprint density at radius 2 is 2.06 bits per heavy atom. The fourth-order valence-electron chi connectivity index (χ4n) is 1.82. The van der Waals surface area contributed by atoms with Gasteiger partial charge in [0.25, 0.3) is 5.56 Å². The third kappa shape index (κ3) is 3.19. The van der Waals surface area contributed by atoms with E-state index in [2.05, 4.69) is 4.98 Å². The number of rotatable bonds is 2. The summed E-state index contributed by atoms with van der Waals surface area (Å²) in [5, 5.41) is 0. The summed E-state index contributed by atoms with van der Waals surface area (Å²) in [4.78, 5) is 15.4. The molecule has 1 heterocycles. The number of nitrogens with zero attached hydrogens (tertiary/aromatic N) is 2. The van der Waals surface area contributed by atoms with Gasteiger partial charge in [-0.2, -0.15) is 0 Å². The minimum absolute atomic E-state index is 0. The molecule has 1 aromatic heterocycles. The van der Waals surface area contributed by atoms with Crippen LogP contribution in [0.1, 0.15) is 17.7 Å². The minimum Gasteiger partial charge on any atom is -0.448 e. The largest absolute Gasteiger partial charge is 1.00 e. The van der Waals surface area contributed by atoms with Crippen LogP contribution in [0.2, 0.25) is 0 Å². The number of aromatic nitrogens is 2. The van der Waals surface area contributed by atoms with Crippen molar-refractivity contribution in [1.82, 2.24) is 9.55 Å².